The molecule has 0 saturated carbocycles. The van der Waals surface area contributed by atoms with Gasteiger partial charge in [-0.1, -0.05) is 29.8 Å². The number of nitrogens with zero attached hydrogens (tertiary/aromatic N) is 4. The van der Waals surface area contributed by atoms with E-state index >= 15 is 0 Å². The second-order valence-electron chi connectivity index (χ2n) is 5.62. The van der Waals surface area contributed by atoms with Crippen molar-refractivity contribution in [1.29, 1.82) is 0 Å². The van der Waals surface area contributed by atoms with Crippen LogP contribution in [0, 0.1) is 0 Å². The second-order valence-corrected chi connectivity index (χ2v) is 6.03. The summed E-state index contributed by atoms with van der Waals surface area (Å²) in [4.78, 5) is 14.7. The van der Waals surface area contributed by atoms with Gasteiger partial charge in [-0.15, -0.1) is 10.2 Å². The van der Waals surface area contributed by atoms with Gasteiger partial charge in [-0.05, 0) is 37.1 Å². The van der Waals surface area contributed by atoms with Crippen molar-refractivity contribution in [2.75, 3.05) is 6.54 Å². The van der Waals surface area contributed by atoms with Crippen molar-refractivity contribution in [1.82, 2.24) is 19.5 Å². The molecule has 0 radical (unpaired) electrons. The van der Waals surface area contributed by atoms with Crippen LogP contribution in [-0.4, -0.2) is 31.9 Å². The first-order valence-corrected chi connectivity index (χ1v) is 7.98. The molecule has 23 heavy (non-hydrogen) atoms. The van der Waals surface area contributed by atoms with E-state index in [9.17, 15) is 4.79 Å². The molecule has 1 atom stereocenters. The summed E-state index contributed by atoms with van der Waals surface area (Å²) in [6.45, 7) is 0.705. The number of pyridine rings is 1. The van der Waals surface area contributed by atoms with Crippen LogP contribution in [0.4, 0.5) is 0 Å². The molecule has 1 aliphatic rings. The number of aromatic nitrogens is 3. The summed E-state index contributed by atoms with van der Waals surface area (Å²) in [5.74, 6) is 0.754. The maximum absolute atomic E-state index is 12.9. The third kappa shape index (κ3) is 2.37. The Balaban J connectivity index is 1.72. The standard InChI is InChI=1S/C17H15ClN4O/c18-13-7-2-1-6-12(13)17(23)21-11-5-8-14(21)16-20-19-15-9-3-4-10-22(15)16/h1-4,6-7,9-10,14H,5,8,11H2/t14-/m0/s1. The highest BCUT2D eigenvalue weighted by Crippen LogP contribution is 2.33. The molecular weight excluding hydrogens is 312 g/mol. The molecule has 1 aliphatic heterocycles. The summed E-state index contributed by atoms with van der Waals surface area (Å²) in [7, 11) is 0. The van der Waals surface area contributed by atoms with E-state index in [0.29, 0.717) is 17.1 Å². The average molecular weight is 327 g/mol. The normalized spacial score (nSPS) is 17.8. The summed E-state index contributed by atoms with van der Waals surface area (Å²) in [6.07, 6.45) is 3.76. The number of likely N-dealkylation sites (tertiary alicyclic amines) is 1. The van der Waals surface area contributed by atoms with Crippen LogP contribution in [0.25, 0.3) is 5.65 Å². The van der Waals surface area contributed by atoms with E-state index in [4.69, 9.17) is 11.6 Å². The third-order valence-corrected chi connectivity index (χ3v) is 4.59. The number of rotatable bonds is 2. The van der Waals surface area contributed by atoms with Crippen molar-refractivity contribution >= 4 is 23.2 Å². The number of benzene rings is 1. The molecular formula is C17H15ClN4O. The highest BCUT2D eigenvalue weighted by molar-refractivity contribution is 6.33. The Hall–Kier alpha value is -2.40. The lowest BCUT2D eigenvalue weighted by Gasteiger charge is -2.24. The minimum absolute atomic E-state index is 0.0502. The molecule has 4 rings (SSSR count). The zero-order chi connectivity index (χ0) is 15.8. The maximum atomic E-state index is 12.9. The van der Waals surface area contributed by atoms with Gasteiger partial charge in [0.2, 0.25) is 0 Å². The monoisotopic (exact) mass is 326 g/mol. The first-order chi connectivity index (χ1) is 11.3. The molecule has 116 valence electrons. The molecule has 5 nitrogen and oxygen atoms in total. The Morgan fingerprint density at radius 1 is 1.13 bits per heavy atom. The summed E-state index contributed by atoms with van der Waals surface area (Å²) in [6, 6.07) is 12.9. The Kier molecular flexibility index (Phi) is 3.50. The fraction of sp³-hybridized carbons (Fsp3) is 0.235. The number of fused-ring (bicyclic) bond motifs is 1. The second kappa shape index (κ2) is 5.66. The Labute approximate surface area is 138 Å². The van der Waals surface area contributed by atoms with Crippen LogP contribution in [0.3, 0.4) is 0 Å². The van der Waals surface area contributed by atoms with E-state index in [2.05, 4.69) is 10.2 Å². The number of hydrogen-bond donors (Lipinski definition) is 0. The van der Waals surface area contributed by atoms with Gasteiger partial charge in [-0.3, -0.25) is 9.20 Å². The van der Waals surface area contributed by atoms with Crippen LogP contribution in [0.15, 0.2) is 48.7 Å². The molecule has 3 heterocycles. The number of amides is 1. The molecule has 0 bridgehead atoms. The van der Waals surface area contributed by atoms with Crippen LogP contribution in [0.1, 0.15) is 35.1 Å². The highest BCUT2D eigenvalue weighted by Gasteiger charge is 2.34. The van der Waals surface area contributed by atoms with Crippen LogP contribution in [0.2, 0.25) is 5.02 Å². The molecule has 0 unspecified atom stereocenters. The average Bonchev–Trinajstić information content (AvgIpc) is 3.21. The van der Waals surface area contributed by atoms with E-state index in [0.717, 1.165) is 24.3 Å². The van der Waals surface area contributed by atoms with Crippen LogP contribution < -0.4 is 0 Å². The number of hydrogen-bond acceptors (Lipinski definition) is 3. The predicted molar refractivity (Wildman–Crippen MR) is 87.5 cm³/mol. The van der Waals surface area contributed by atoms with Gasteiger partial charge >= 0.3 is 0 Å². The summed E-state index contributed by atoms with van der Waals surface area (Å²) in [5.41, 5.74) is 1.33. The Morgan fingerprint density at radius 3 is 2.83 bits per heavy atom. The lowest BCUT2D eigenvalue weighted by molar-refractivity contribution is 0.0729. The van der Waals surface area contributed by atoms with Gasteiger partial charge in [0.05, 0.1) is 16.6 Å². The Morgan fingerprint density at radius 2 is 1.96 bits per heavy atom. The van der Waals surface area contributed by atoms with Gasteiger partial charge in [0.15, 0.2) is 11.5 Å². The molecule has 0 N–H and O–H groups in total. The SMILES string of the molecule is O=C(c1ccccc1Cl)N1CCC[C@H]1c1nnc2ccccn12. The quantitative estimate of drug-likeness (QED) is 0.725. The van der Waals surface area contributed by atoms with Gasteiger partial charge in [0.1, 0.15) is 0 Å². The molecule has 1 saturated heterocycles. The molecule has 2 aromatic heterocycles. The van der Waals surface area contributed by atoms with Crippen molar-refractivity contribution in [3.8, 4) is 0 Å². The molecule has 3 aromatic rings. The van der Waals surface area contributed by atoms with E-state index < -0.39 is 0 Å². The number of carbonyl (C=O) groups is 1. The fourth-order valence-corrected chi connectivity index (χ4v) is 3.37. The summed E-state index contributed by atoms with van der Waals surface area (Å²) >= 11 is 6.18. The molecule has 1 fully saturated rings. The molecule has 1 amide bonds. The molecule has 0 spiro atoms. The van der Waals surface area contributed by atoms with Gasteiger partial charge in [0.25, 0.3) is 5.91 Å². The minimum atomic E-state index is -0.0730. The predicted octanol–water partition coefficient (Wildman–Crippen LogP) is 3.36. The molecule has 6 heteroatoms. The maximum Gasteiger partial charge on any atom is 0.255 e. The highest BCUT2D eigenvalue weighted by atomic mass is 35.5. The van der Waals surface area contributed by atoms with Crippen molar-refractivity contribution in [2.45, 2.75) is 18.9 Å². The largest absolute Gasteiger partial charge is 0.328 e. The first kappa shape index (κ1) is 14.2. The number of carbonyl (C=O) groups excluding carboxylic acids is 1. The van der Waals surface area contributed by atoms with Crippen molar-refractivity contribution in [3.05, 3.63) is 65.1 Å². The van der Waals surface area contributed by atoms with E-state index in [-0.39, 0.29) is 11.9 Å². The summed E-state index contributed by atoms with van der Waals surface area (Å²) < 4.78 is 1.95. The smallest absolute Gasteiger partial charge is 0.255 e. The van der Waals surface area contributed by atoms with E-state index in [1.165, 1.54) is 0 Å². The van der Waals surface area contributed by atoms with Crippen molar-refractivity contribution in [3.63, 3.8) is 0 Å². The van der Waals surface area contributed by atoms with Crippen molar-refractivity contribution < 1.29 is 4.79 Å². The fourth-order valence-electron chi connectivity index (χ4n) is 3.15. The lowest BCUT2D eigenvalue weighted by atomic mass is 10.1. The topological polar surface area (TPSA) is 50.5 Å². The molecule has 0 aliphatic carbocycles. The Bertz CT molecular complexity index is 876. The van der Waals surface area contributed by atoms with E-state index in [1.54, 1.807) is 12.1 Å². The summed E-state index contributed by atoms with van der Waals surface area (Å²) in [5, 5.41) is 8.99. The van der Waals surface area contributed by atoms with Gasteiger partial charge in [-0.25, -0.2) is 0 Å². The third-order valence-electron chi connectivity index (χ3n) is 4.26. The molecule has 1 aromatic carbocycles. The first-order valence-electron chi connectivity index (χ1n) is 7.61. The van der Waals surface area contributed by atoms with Gasteiger partial charge in [-0.2, -0.15) is 0 Å². The van der Waals surface area contributed by atoms with Crippen LogP contribution in [0.5, 0.6) is 0 Å². The van der Waals surface area contributed by atoms with Crippen LogP contribution >= 0.6 is 11.6 Å². The minimum Gasteiger partial charge on any atom is -0.328 e. The lowest BCUT2D eigenvalue weighted by Crippen LogP contribution is -2.31. The van der Waals surface area contributed by atoms with Crippen molar-refractivity contribution in [2.24, 2.45) is 0 Å². The zero-order valence-electron chi connectivity index (χ0n) is 12.4. The van der Waals surface area contributed by atoms with Gasteiger partial charge < -0.3 is 4.90 Å². The number of halogens is 1. The van der Waals surface area contributed by atoms with Gasteiger partial charge in [0, 0.05) is 12.7 Å². The zero-order valence-corrected chi connectivity index (χ0v) is 13.1. The van der Waals surface area contributed by atoms with E-state index in [1.807, 2.05) is 45.8 Å². The van der Waals surface area contributed by atoms with Crippen LogP contribution in [-0.2, 0) is 0 Å².